The Hall–Kier alpha value is -2.48. The molecule has 7 heteroatoms. The Balaban J connectivity index is 1.42. The van der Waals surface area contributed by atoms with E-state index in [2.05, 4.69) is 9.88 Å². The summed E-state index contributed by atoms with van der Waals surface area (Å²) in [6.45, 7) is 0.926. The number of benzene rings is 2. The number of rotatable bonds is 5. The van der Waals surface area contributed by atoms with E-state index in [0.29, 0.717) is 24.5 Å². The zero-order valence-electron chi connectivity index (χ0n) is 14.1. The molecule has 4 rings (SSSR count). The molecule has 0 spiro atoms. The van der Waals surface area contributed by atoms with Crippen molar-refractivity contribution in [2.45, 2.75) is 19.5 Å². The average molecular weight is 369 g/mol. The van der Waals surface area contributed by atoms with E-state index in [-0.39, 0.29) is 6.54 Å². The maximum Gasteiger partial charge on any atom is 0.280 e. The molecule has 0 aliphatic carbocycles. The van der Waals surface area contributed by atoms with Crippen LogP contribution in [0.3, 0.4) is 0 Å². The van der Waals surface area contributed by atoms with Gasteiger partial charge in [0, 0.05) is 24.7 Å². The van der Waals surface area contributed by atoms with Gasteiger partial charge in [-0.1, -0.05) is 59.8 Å². The van der Waals surface area contributed by atoms with Gasteiger partial charge in [-0.2, -0.15) is 17.4 Å². The summed E-state index contributed by atoms with van der Waals surface area (Å²) < 4.78 is 34.5. The zero-order valence-corrected chi connectivity index (χ0v) is 14.9. The van der Waals surface area contributed by atoms with Crippen molar-refractivity contribution in [2.24, 2.45) is 0 Å². The number of aromatic nitrogens is 1. The molecule has 0 atom stereocenters. The Labute approximate surface area is 152 Å². The van der Waals surface area contributed by atoms with Gasteiger partial charge in [0.05, 0.1) is 6.54 Å². The third kappa shape index (κ3) is 3.55. The molecule has 134 valence electrons. The minimum atomic E-state index is -3.58. The summed E-state index contributed by atoms with van der Waals surface area (Å²) >= 11 is 0. The second-order valence-corrected chi connectivity index (χ2v) is 7.98. The van der Waals surface area contributed by atoms with Crippen molar-refractivity contribution in [3.8, 4) is 11.3 Å². The summed E-state index contributed by atoms with van der Waals surface area (Å²) in [6.07, 6.45) is 0.720. The highest BCUT2D eigenvalue weighted by Gasteiger charge is 2.26. The van der Waals surface area contributed by atoms with Gasteiger partial charge in [-0.05, 0) is 17.5 Å². The first-order chi connectivity index (χ1) is 12.6. The van der Waals surface area contributed by atoms with E-state index in [4.69, 9.17) is 4.52 Å². The number of nitrogens with zero attached hydrogens (tertiary/aromatic N) is 2. The van der Waals surface area contributed by atoms with Crippen LogP contribution in [0.5, 0.6) is 0 Å². The lowest BCUT2D eigenvalue weighted by molar-refractivity contribution is 0.366. The van der Waals surface area contributed by atoms with E-state index in [0.717, 1.165) is 17.5 Å². The third-order valence-electron chi connectivity index (χ3n) is 4.49. The third-order valence-corrected chi connectivity index (χ3v) is 5.99. The standard InChI is InChI=1S/C19H19N3O3S/c23-26(24,22-11-10-15-6-4-5-9-17(15)14-22)20-13-18-12-19(21-25-18)16-7-2-1-3-8-16/h1-9,12,20H,10-11,13-14H2. The Morgan fingerprint density at radius 3 is 2.58 bits per heavy atom. The van der Waals surface area contributed by atoms with E-state index in [1.165, 1.54) is 9.87 Å². The topological polar surface area (TPSA) is 75.4 Å². The van der Waals surface area contributed by atoms with Gasteiger partial charge in [0.15, 0.2) is 5.76 Å². The fraction of sp³-hybridized carbons (Fsp3) is 0.211. The first kappa shape index (κ1) is 17.0. The van der Waals surface area contributed by atoms with Crippen molar-refractivity contribution in [3.63, 3.8) is 0 Å². The summed E-state index contributed by atoms with van der Waals surface area (Å²) in [4.78, 5) is 0. The summed E-state index contributed by atoms with van der Waals surface area (Å²) in [6, 6.07) is 19.3. The second-order valence-electron chi connectivity index (χ2n) is 6.22. The summed E-state index contributed by atoms with van der Waals surface area (Å²) in [5.41, 5.74) is 3.88. The molecule has 3 aromatic rings. The van der Waals surface area contributed by atoms with Gasteiger partial charge >= 0.3 is 0 Å². The molecule has 0 amide bonds. The molecule has 2 aromatic carbocycles. The van der Waals surface area contributed by atoms with Crippen LogP contribution in [0.4, 0.5) is 0 Å². The monoisotopic (exact) mass is 369 g/mol. The highest BCUT2D eigenvalue weighted by Crippen LogP contribution is 2.21. The van der Waals surface area contributed by atoms with Crippen molar-refractivity contribution in [1.82, 2.24) is 14.2 Å². The van der Waals surface area contributed by atoms with Gasteiger partial charge in [0.25, 0.3) is 10.2 Å². The number of fused-ring (bicyclic) bond motifs is 1. The Bertz CT molecular complexity index is 1000. The lowest BCUT2D eigenvalue weighted by atomic mass is 10.0. The van der Waals surface area contributed by atoms with E-state index < -0.39 is 10.2 Å². The Kier molecular flexibility index (Phi) is 4.58. The molecule has 0 radical (unpaired) electrons. The highest BCUT2D eigenvalue weighted by molar-refractivity contribution is 7.87. The molecule has 0 saturated carbocycles. The van der Waals surface area contributed by atoms with Crippen LogP contribution in [0.2, 0.25) is 0 Å². The number of nitrogens with one attached hydrogen (secondary N) is 1. The minimum absolute atomic E-state index is 0.0698. The van der Waals surface area contributed by atoms with Gasteiger partial charge in [-0.3, -0.25) is 0 Å². The van der Waals surface area contributed by atoms with Crippen molar-refractivity contribution < 1.29 is 12.9 Å². The molecule has 26 heavy (non-hydrogen) atoms. The van der Waals surface area contributed by atoms with Gasteiger partial charge in [-0.25, -0.2) is 0 Å². The average Bonchev–Trinajstić information content (AvgIpc) is 3.16. The quantitative estimate of drug-likeness (QED) is 0.750. The normalized spacial score (nSPS) is 14.9. The summed E-state index contributed by atoms with van der Waals surface area (Å²) in [5.74, 6) is 0.477. The van der Waals surface area contributed by atoms with E-state index in [1.807, 2.05) is 54.6 Å². The second kappa shape index (κ2) is 7.03. The van der Waals surface area contributed by atoms with E-state index in [1.54, 1.807) is 6.07 Å². The Morgan fingerprint density at radius 1 is 1.04 bits per heavy atom. The maximum atomic E-state index is 12.6. The molecule has 0 unspecified atom stereocenters. The van der Waals surface area contributed by atoms with Crippen LogP contribution in [0.15, 0.2) is 65.2 Å². The molecule has 0 fully saturated rings. The van der Waals surface area contributed by atoms with Gasteiger partial charge < -0.3 is 4.52 Å². The van der Waals surface area contributed by atoms with Crippen LogP contribution in [0, 0.1) is 0 Å². The highest BCUT2D eigenvalue weighted by atomic mass is 32.2. The molecule has 0 bridgehead atoms. The first-order valence-electron chi connectivity index (χ1n) is 8.44. The Morgan fingerprint density at radius 2 is 1.77 bits per heavy atom. The largest absolute Gasteiger partial charge is 0.359 e. The number of hydrogen-bond acceptors (Lipinski definition) is 4. The van der Waals surface area contributed by atoms with Crippen LogP contribution >= 0.6 is 0 Å². The van der Waals surface area contributed by atoms with Gasteiger partial charge in [-0.15, -0.1) is 0 Å². The van der Waals surface area contributed by atoms with E-state index >= 15 is 0 Å². The summed E-state index contributed by atoms with van der Waals surface area (Å²) in [7, 11) is -3.58. The smallest absolute Gasteiger partial charge is 0.280 e. The zero-order chi connectivity index (χ0) is 18.0. The van der Waals surface area contributed by atoms with Crippen molar-refractivity contribution >= 4 is 10.2 Å². The molecule has 6 nitrogen and oxygen atoms in total. The van der Waals surface area contributed by atoms with Crippen molar-refractivity contribution in [1.29, 1.82) is 0 Å². The molecular weight excluding hydrogens is 350 g/mol. The van der Waals surface area contributed by atoms with Crippen LogP contribution in [0.1, 0.15) is 16.9 Å². The predicted molar refractivity (Wildman–Crippen MR) is 98.3 cm³/mol. The predicted octanol–water partition coefficient (Wildman–Crippen LogP) is 2.73. The van der Waals surface area contributed by atoms with Crippen LogP contribution in [-0.2, 0) is 29.7 Å². The molecule has 1 aromatic heterocycles. The molecule has 1 aliphatic rings. The fourth-order valence-electron chi connectivity index (χ4n) is 3.07. The molecular formula is C19H19N3O3S. The lowest BCUT2D eigenvalue weighted by Crippen LogP contribution is -2.43. The lowest BCUT2D eigenvalue weighted by Gasteiger charge is -2.27. The number of hydrogen-bond donors (Lipinski definition) is 1. The fourth-order valence-corrected chi connectivity index (χ4v) is 4.22. The molecule has 1 N–H and O–H groups in total. The molecule has 2 heterocycles. The first-order valence-corrected chi connectivity index (χ1v) is 9.88. The molecule has 0 saturated heterocycles. The minimum Gasteiger partial charge on any atom is -0.359 e. The van der Waals surface area contributed by atoms with Crippen LogP contribution < -0.4 is 4.72 Å². The van der Waals surface area contributed by atoms with Gasteiger partial charge in [0.2, 0.25) is 0 Å². The van der Waals surface area contributed by atoms with E-state index in [9.17, 15) is 8.42 Å². The van der Waals surface area contributed by atoms with Crippen LogP contribution in [0.25, 0.3) is 11.3 Å². The van der Waals surface area contributed by atoms with Crippen molar-refractivity contribution in [3.05, 3.63) is 77.6 Å². The SMILES string of the molecule is O=S(=O)(NCc1cc(-c2ccccc2)no1)N1CCc2ccccc2C1. The van der Waals surface area contributed by atoms with Crippen molar-refractivity contribution in [2.75, 3.05) is 6.54 Å². The molecule has 1 aliphatic heterocycles. The summed E-state index contributed by atoms with van der Waals surface area (Å²) in [5, 5.41) is 4.01. The maximum absolute atomic E-state index is 12.6. The van der Waals surface area contributed by atoms with Crippen LogP contribution in [-0.4, -0.2) is 24.4 Å². The van der Waals surface area contributed by atoms with Gasteiger partial charge in [0.1, 0.15) is 5.69 Å².